The molecule has 2 aromatic carbocycles. The van der Waals surface area contributed by atoms with Crippen LogP contribution in [-0.4, -0.2) is 20.8 Å². The van der Waals surface area contributed by atoms with E-state index in [1.54, 1.807) is 12.3 Å². The van der Waals surface area contributed by atoms with Crippen LogP contribution in [0.25, 0.3) is 28.2 Å². The first-order valence-corrected chi connectivity index (χ1v) is 10.8. The van der Waals surface area contributed by atoms with Gasteiger partial charge in [0, 0.05) is 32.9 Å². The third-order valence-electron chi connectivity index (χ3n) is 4.66. The summed E-state index contributed by atoms with van der Waals surface area (Å²) in [5, 5.41) is 4.63. The van der Waals surface area contributed by atoms with Crippen LogP contribution in [0.2, 0.25) is 15.1 Å². The minimum absolute atomic E-state index is 0.208. The standard InChI is InChI=1S/C24H20Cl3N3O/c1-24(2,3)29-23(31)16-12-19(27)22-28-20(14-4-8-17(25)9-5-14)21(30(22)13-16)15-6-10-18(26)11-7-15/h4-13H,1-3H3,(H,29,31). The van der Waals surface area contributed by atoms with E-state index >= 15 is 0 Å². The fourth-order valence-electron chi connectivity index (χ4n) is 3.33. The van der Waals surface area contributed by atoms with Crippen LogP contribution < -0.4 is 5.32 Å². The number of carbonyl (C=O) groups excluding carboxylic acids is 1. The van der Waals surface area contributed by atoms with Gasteiger partial charge in [-0.15, -0.1) is 0 Å². The van der Waals surface area contributed by atoms with Crippen molar-refractivity contribution in [3.05, 3.63) is 81.4 Å². The number of nitrogens with zero attached hydrogens (tertiary/aromatic N) is 2. The average Bonchev–Trinajstić information content (AvgIpc) is 3.08. The van der Waals surface area contributed by atoms with Crippen LogP contribution in [0.3, 0.4) is 0 Å². The Morgan fingerprint density at radius 3 is 2.00 bits per heavy atom. The first-order valence-electron chi connectivity index (χ1n) is 9.68. The first-order chi connectivity index (χ1) is 14.6. The third kappa shape index (κ3) is 4.57. The second-order valence-electron chi connectivity index (χ2n) is 8.30. The zero-order valence-corrected chi connectivity index (χ0v) is 19.5. The highest BCUT2D eigenvalue weighted by Crippen LogP contribution is 2.36. The molecule has 0 aliphatic heterocycles. The number of nitrogens with one attached hydrogen (secondary N) is 1. The Morgan fingerprint density at radius 2 is 1.45 bits per heavy atom. The van der Waals surface area contributed by atoms with Crippen LogP contribution in [0, 0.1) is 0 Å². The fraction of sp³-hybridized carbons (Fsp3) is 0.167. The molecule has 2 aromatic heterocycles. The number of hydrogen-bond acceptors (Lipinski definition) is 2. The molecule has 0 unspecified atom stereocenters. The number of aromatic nitrogens is 2. The average molecular weight is 473 g/mol. The van der Waals surface area contributed by atoms with Gasteiger partial charge in [0.25, 0.3) is 5.91 Å². The van der Waals surface area contributed by atoms with Crippen LogP contribution >= 0.6 is 34.8 Å². The predicted molar refractivity (Wildman–Crippen MR) is 128 cm³/mol. The molecule has 4 rings (SSSR count). The van der Waals surface area contributed by atoms with E-state index in [9.17, 15) is 4.79 Å². The van der Waals surface area contributed by atoms with Crippen LogP contribution in [0.4, 0.5) is 0 Å². The third-order valence-corrected chi connectivity index (χ3v) is 5.44. The number of amides is 1. The Bertz CT molecular complexity index is 1270. The molecule has 0 spiro atoms. The summed E-state index contributed by atoms with van der Waals surface area (Å²) in [5.74, 6) is -0.208. The molecule has 2 heterocycles. The lowest BCUT2D eigenvalue weighted by molar-refractivity contribution is 0.0919. The van der Waals surface area contributed by atoms with Gasteiger partial charge in [-0.2, -0.15) is 0 Å². The monoisotopic (exact) mass is 471 g/mol. The van der Waals surface area contributed by atoms with Gasteiger partial charge < -0.3 is 5.32 Å². The summed E-state index contributed by atoms with van der Waals surface area (Å²) >= 11 is 18.8. The van der Waals surface area contributed by atoms with Gasteiger partial charge in [-0.05, 0) is 51.1 Å². The molecule has 0 aliphatic rings. The molecule has 0 radical (unpaired) electrons. The van der Waals surface area contributed by atoms with E-state index in [0.717, 1.165) is 22.5 Å². The summed E-state index contributed by atoms with van der Waals surface area (Å²) in [7, 11) is 0. The van der Waals surface area contributed by atoms with Crippen molar-refractivity contribution in [2.45, 2.75) is 26.3 Å². The molecule has 31 heavy (non-hydrogen) atoms. The summed E-state index contributed by atoms with van der Waals surface area (Å²) in [6.45, 7) is 5.79. The van der Waals surface area contributed by atoms with Crippen molar-refractivity contribution in [1.29, 1.82) is 0 Å². The zero-order valence-electron chi connectivity index (χ0n) is 17.2. The van der Waals surface area contributed by atoms with E-state index in [4.69, 9.17) is 39.8 Å². The lowest BCUT2D eigenvalue weighted by Crippen LogP contribution is -2.40. The quantitative estimate of drug-likeness (QED) is 0.344. The number of benzene rings is 2. The van der Waals surface area contributed by atoms with Gasteiger partial charge in [-0.1, -0.05) is 59.1 Å². The molecule has 1 amide bonds. The second kappa shape index (κ2) is 8.19. The maximum absolute atomic E-state index is 12.8. The molecule has 0 fully saturated rings. The summed E-state index contributed by atoms with van der Waals surface area (Å²) < 4.78 is 1.85. The summed E-state index contributed by atoms with van der Waals surface area (Å²) in [6.07, 6.45) is 1.76. The Hall–Kier alpha value is -2.53. The SMILES string of the molecule is CC(C)(C)NC(=O)c1cc(Cl)c2nc(-c3ccc(Cl)cc3)c(-c3ccc(Cl)cc3)n2c1. The van der Waals surface area contributed by atoms with Gasteiger partial charge in [0.05, 0.1) is 22.0 Å². The minimum Gasteiger partial charge on any atom is -0.347 e. The number of imidazole rings is 1. The van der Waals surface area contributed by atoms with Gasteiger partial charge >= 0.3 is 0 Å². The molecule has 0 saturated carbocycles. The second-order valence-corrected chi connectivity index (χ2v) is 9.58. The van der Waals surface area contributed by atoms with Crippen molar-refractivity contribution >= 4 is 46.4 Å². The number of halogens is 3. The van der Waals surface area contributed by atoms with Crippen LogP contribution in [0.5, 0.6) is 0 Å². The van der Waals surface area contributed by atoms with E-state index in [1.807, 2.05) is 73.7 Å². The van der Waals surface area contributed by atoms with Crippen LogP contribution in [0.15, 0.2) is 60.8 Å². The molecule has 158 valence electrons. The lowest BCUT2D eigenvalue weighted by Gasteiger charge is -2.20. The zero-order chi connectivity index (χ0) is 22.3. The molecular formula is C24H20Cl3N3O. The van der Waals surface area contributed by atoms with E-state index in [0.29, 0.717) is 26.3 Å². The largest absolute Gasteiger partial charge is 0.347 e. The van der Waals surface area contributed by atoms with Crippen molar-refractivity contribution in [2.75, 3.05) is 0 Å². The molecule has 0 bridgehead atoms. The molecular weight excluding hydrogens is 453 g/mol. The Balaban J connectivity index is 1.98. The number of fused-ring (bicyclic) bond motifs is 1. The Morgan fingerprint density at radius 1 is 0.903 bits per heavy atom. The van der Waals surface area contributed by atoms with Gasteiger partial charge in [-0.3, -0.25) is 9.20 Å². The maximum Gasteiger partial charge on any atom is 0.253 e. The summed E-state index contributed by atoms with van der Waals surface area (Å²) in [6, 6.07) is 16.6. The van der Waals surface area contributed by atoms with Gasteiger partial charge in [-0.25, -0.2) is 4.98 Å². The lowest BCUT2D eigenvalue weighted by atomic mass is 10.0. The highest BCUT2D eigenvalue weighted by atomic mass is 35.5. The van der Waals surface area contributed by atoms with E-state index in [1.165, 1.54) is 0 Å². The molecule has 0 atom stereocenters. The minimum atomic E-state index is -0.374. The van der Waals surface area contributed by atoms with Crippen molar-refractivity contribution in [3.8, 4) is 22.5 Å². The molecule has 1 N–H and O–H groups in total. The predicted octanol–water partition coefficient (Wildman–Crippen LogP) is 7.16. The van der Waals surface area contributed by atoms with Gasteiger partial charge in [0.15, 0.2) is 5.65 Å². The van der Waals surface area contributed by atoms with Crippen molar-refractivity contribution in [3.63, 3.8) is 0 Å². The number of pyridine rings is 1. The molecule has 0 saturated heterocycles. The number of rotatable bonds is 3. The highest BCUT2D eigenvalue weighted by Gasteiger charge is 2.21. The van der Waals surface area contributed by atoms with E-state index in [2.05, 4.69) is 5.32 Å². The molecule has 0 aliphatic carbocycles. The van der Waals surface area contributed by atoms with Crippen molar-refractivity contribution in [2.24, 2.45) is 0 Å². The van der Waals surface area contributed by atoms with Gasteiger partial charge in [0.2, 0.25) is 0 Å². The summed E-state index contributed by atoms with van der Waals surface area (Å²) in [4.78, 5) is 17.6. The van der Waals surface area contributed by atoms with E-state index in [-0.39, 0.29) is 11.4 Å². The van der Waals surface area contributed by atoms with Crippen LogP contribution in [-0.2, 0) is 0 Å². The van der Waals surface area contributed by atoms with Crippen molar-refractivity contribution in [1.82, 2.24) is 14.7 Å². The Labute approximate surface area is 195 Å². The number of carbonyl (C=O) groups is 1. The van der Waals surface area contributed by atoms with E-state index < -0.39 is 0 Å². The first kappa shape index (κ1) is 21.7. The molecule has 4 aromatic rings. The van der Waals surface area contributed by atoms with Gasteiger partial charge in [0.1, 0.15) is 0 Å². The van der Waals surface area contributed by atoms with Crippen molar-refractivity contribution < 1.29 is 4.79 Å². The molecule has 7 heteroatoms. The summed E-state index contributed by atoms with van der Waals surface area (Å²) in [5.41, 5.74) is 3.95. The highest BCUT2D eigenvalue weighted by molar-refractivity contribution is 6.34. The topological polar surface area (TPSA) is 46.4 Å². The Kier molecular flexibility index (Phi) is 5.73. The maximum atomic E-state index is 12.8. The molecule has 4 nitrogen and oxygen atoms in total. The fourth-order valence-corrected chi connectivity index (χ4v) is 3.84. The number of hydrogen-bond donors (Lipinski definition) is 1. The normalized spacial score (nSPS) is 11.7. The van der Waals surface area contributed by atoms with Crippen LogP contribution in [0.1, 0.15) is 31.1 Å². The smallest absolute Gasteiger partial charge is 0.253 e.